The molecule has 0 saturated carbocycles. The molecule has 16 heteroatoms. The highest BCUT2D eigenvalue weighted by atomic mass is 16.6. The molecule has 0 spiro atoms. The number of urea groups is 2. The van der Waals surface area contributed by atoms with Crippen LogP contribution in [0.3, 0.4) is 0 Å². The largest absolute Gasteiger partial charge is 0.443 e. The van der Waals surface area contributed by atoms with Gasteiger partial charge in [0.2, 0.25) is 0 Å². The molecule has 2 aromatic heterocycles. The van der Waals surface area contributed by atoms with E-state index < -0.39 is 24.4 Å². The number of nitrogens with one attached hydrogen (secondary N) is 2. The monoisotopic (exact) mass is 836 g/mol. The normalized spacial score (nSPS) is 15.5. The second-order valence-corrected chi connectivity index (χ2v) is 15.3. The lowest BCUT2D eigenvalue weighted by Crippen LogP contribution is -2.32. The zero-order valence-electron chi connectivity index (χ0n) is 33.6. The van der Waals surface area contributed by atoms with Gasteiger partial charge in [-0.05, 0) is 57.6 Å². The van der Waals surface area contributed by atoms with Crippen molar-refractivity contribution in [3.05, 3.63) is 155 Å². The highest BCUT2D eigenvalue weighted by Gasteiger charge is 2.37. The van der Waals surface area contributed by atoms with Crippen LogP contribution in [0.4, 0.5) is 9.59 Å². The number of fused-ring (bicyclic) bond motifs is 2. The van der Waals surface area contributed by atoms with Crippen molar-refractivity contribution in [1.29, 1.82) is 0 Å². The van der Waals surface area contributed by atoms with Crippen LogP contribution in [0.1, 0.15) is 33.4 Å². The zero-order valence-corrected chi connectivity index (χ0v) is 33.6. The van der Waals surface area contributed by atoms with Gasteiger partial charge >= 0.3 is 24.0 Å². The second kappa shape index (κ2) is 18.0. The van der Waals surface area contributed by atoms with Crippen LogP contribution in [-0.2, 0) is 67.7 Å². The molecule has 2 atom stereocenters. The second-order valence-electron chi connectivity index (χ2n) is 15.3. The predicted molar refractivity (Wildman–Crippen MR) is 227 cm³/mol. The molecule has 0 radical (unpaired) electrons. The lowest BCUT2D eigenvalue weighted by Gasteiger charge is -2.17. The van der Waals surface area contributed by atoms with Crippen molar-refractivity contribution < 1.29 is 38.2 Å². The smallest absolute Gasteiger partial charge is 0.332 e. The molecular formula is C46H44N8O8. The summed E-state index contributed by atoms with van der Waals surface area (Å²) in [6, 6.07) is 29.3. The summed E-state index contributed by atoms with van der Waals surface area (Å²) >= 11 is 0. The van der Waals surface area contributed by atoms with E-state index in [0.29, 0.717) is 13.1 Å². The van der Waals surface area contributed by atoms with E-state index in [-0.39, 0.29) is 62.9 Å². The maximum atomic E-state index is 13.1. The highest BCUT2D eigenvalue weighted by molar-refractivity contribution is 6.02. The van der Waals surface area contributed by atoms with Gasteiger partial charge in [0.25, 0.3) is 11.8 Å². The van der Waals surface area contributed by atoms with Gasteiger partial charge in [-0.2, -0.15) is 0 Å². The Morgan fingerprint density at radius 2 is 0.968 bits per heavy atom. The Hall–Kier alpha value is -7.56. The van der Waals surface area contributed by atoms with E-state index in [4.69, 9.17) is 20.9 Å². The Kier molecular flexibility index (Phi) is 11.9. The average Bonchev–Trinajstić information content (AvgIpc) is 3.99. The molecule has 2 saturated heterocycles. The molecule has 6 N–H and O–H groups in total. The Morgan fingerprint density at radius 1 is 0.565 bits per heavy atom. The van der Waals surface area contributed by atoms with Gasteiger partial charge in [0.05, 0.1) is 13.1 Å². The summed E-state index contributed by atoms with van der Waals surface area (Å²) < 4.78 is 10.7. The van der Waals surface area contributed by atoms with Crippen LogP contribution >= 0.6 is 0 Å². The first-order valence-electron chi connectivity index (χ1n) is 20.0. The third kappa shape index (κ3) is 9.41. The molecule has 0 bridgehead atoms. The number of amides is 6. The first kappa shape index (κ1) is 41.2. The number of aromatic nitrogens is 2. The molecule has 62 heavy (non-hydrogen) atoms. The van der Waals surface area contributed by atoms with Crippen molar-refractivity contribution in [2.75, 3.05) is 13.1 Å². The predicted octanol–water partition coefficient (Wildman–Crippen LogP) is 4.58. The number of H-pyrrole nitrogens is 2. The number of imide groups is 2. The third-order valence-electron chi connectivity index (χ3n) is 10.8. The molecule has 0 aliphatic carbocycles. The van der Waals surface area contributed by atoms with Crippen LogP contribution < -0.4 is 11.5 Å². The Bertz CT molecular complexity index is 2510. The van der Waals surface area contributed by atoms with Crippen molar-refractivity contribution >= 4 is 57.6 Å². The van der Waals surface area contributed by atoms with Crippen LogP contribution in [0.15, 0.2) is 122 Å². The zero-order chi connectivity index (χ0) is 43.3. The number of hydrogen-bond acceptors (Lipinski definition) is 10. The van der Waals surface area contributed by atoms with Gasteiger partial charge in [-0.15, -0.1) is 0 Å². The molecule has 4 heterocycles. The van der Waals surface area contributed by atoms with Crippen molar-refractivity contribution in [3.8, 4) is 0 Å². The first-order chi connectivity index (χ1) is 30.0. The van der Waals surface area contributed by atoms with Crippen molar-refractivity contribution in [2.24, 2.45) is 11.5 Å². The number of nitrogens with two attached hydrogens (primary N) is 2. The number of benzene rings is 4. The molecule has 2 unspecified atom stereocenters. The molecule has 16 nitrogen and oxygen atoms in total. The Morgan fingerprint density at radius 3 is 1.37 bits per heavy atom. The number of carbonyl (C=O) groups excluding carboxylic acids is 6. The molecule has 2 aliphatic heterocycles. The number of carbonyl (C=O) groups is 6. The summed E-state index contributed by atoms with van der Waals surface area (Å²) in [5, 5.41) is 1.58. The average molecular weight is 837 g/mol. The van der Waals surface area contributed by atoms with E-state index in [1.54, 1.807) is 12.4 Å². The Labute approximate surface area is 355 Å². The van der Waals surface area contributed by atoms with Crippen LogP contribution in [-0.4, -0.2) is 90.9 Å². The molecule has 6 aromatic rings. The molecule has 316 valence electrons. The summed E-state index contributed by atoms with van der Waals surface area (Å²) in [4.78, 5) is 89.0. The number of nitrogens with zero attached hydrogens (tertiary/aromatic N) is 4. The van der Waals surface area contributed by atoms with Gasteiger partial charge in [-0.1, -0.05) is 72.8 Å². The first-order valence-corrected chi connectivity index (χ1v) is 20.0. The minimum atomic E-state index is -1.07. The van der Waals surface area contributed by atoms with Gasteiger partial charge in [0, 0.05) is 72.3 Å². The van der Waals surface area contributed by atoms with Crippen molar-refractivity contribution in [1.82, 2.24) is 29.6 Å². The number of hydrogen-bond donors (Lipinski definition) is 4. The summed E-state index contributed by atoms with van der Waals surface area (Å²) in [7, 11) is 0. The highest BCUT2D eigenvalue weighted by Crippen LogP contribution is 2.26. The van der Waals surface area contributed by atoms with Crippen LogP contribution in [0.25, 0.3) is 21.8 Å². The van der Waals surface area contributed by atoms with Gasteiger partial charge in [-0.3, -0.25) is 30.9 Å². The fraction of sp³-hybridized carbons (Fsp3) is 0.217. The van der Waals surface area contributed by atoms with Gasteiger partial charge in [0.15, 0.2) is 12.5 Å². The van der Waals surface area contributed by atoms with Gasteiger partial charge < -0.3 is 29.2 Å². The van der Waals surface area contributed by atoms with Gasteiger partial charge in [-0.25, -0.2) is 19.2 Å². The van der Waals surface area contributed by atoms with E-state index in [1.165, 1.54) is 19.6 Å². The summed E-state index contributed by atoms with van der Waals surface area (Å²) in [6.07, 6.45) is 3.44. The molecular weight excluding hydrogens is 793 g/mol. The standard InChI is InChI=1S/C46H44N8O8/c47-39(19-33-21-49-37-13-11-31(17-35(33)37)25-53-41(55)27-51(45(53)59)23-29-7-3-1-4-8-29)61-43(57)15-16-44(58)62-40(48)20-34-22-50-38-14-12-32(18-36(34)38)26-54-42(56)28-52(46(54)60)24-30-9-5-2-6-10-30/h1-18,21-22,39-40,49-50H,19-20,23-28,47-48H2/b16-15-. The minimum Gasteiger partial charge on any atom is -0.443 e. The Balaban J connectivity index is 0.812. The maximum Gasteiger partial charge on any atom is 0.332 e. The summed E-state index contributed by atoms with van der Waals surface area (Å²) in [5.41, 5.74) is 18.8. The lowest BCUT2D eigenvalue weighted by molar-refractivity contribution is -0.145. The fourth-order valence-electron chi connectivity index (χ4n) is 7.73. The summed E-state index contributed by atoms with van der Waals surface area (Å²) in [5.74, 6) is -2.29. The molecule has 6 amide bonds. The third-order valence-corrected chi connectivity index (χ3v) is 10.8. The van der Waals surface area contributed by atoms with Crippen LogP contribution in [0.5, 0.6) is 0 Å². The molecule has 4 aromatic carbocycles. The number of aromatic amines is 2. The molecule has 2 fully saturated rings. The van der Waals surface area contributed by atoms with Gasteiger partial charge in [0.1, 0.15) is 13.1 Å². The molecule has 2 aliphatic rings. The fourth-order valence-corrected chi connectivity index (χ4v) is 7.73. The van der Waals surface area contributed by atoms with E-state index in [0.717, 1.165) is 67.3 Å². The lowest BCUT2D eigenvalue weighted by atomic mass is 10.1. The van der Waals surface area contributed by atoms with E-state index in [9.17, 15) is 28.8 Å². The van der Waals surface area contributed by atoms with Crippen LogP contribution in [0.2, 0.25) is 0 Å². The van der Waals surface area contributed by atoms with Crippen molar-refractivity contribution in [2.45, 2.75) is 51.5 Å². The maximum absolute atomic E-state index is 13.1. The summed E-state index contributed by atoms with van der Waals surface area (Å²) in [6.45, 7) is 0.871. The van der Waals surface area contributed by atoms with Crippen molar-refractivity contribution in [3.63, 3.8) is 0 Å². The number of ether oxygens (including phenoxy) is 2. The van der Waals surface area contributed by atoms with E-state index in [2.05, 4.69) is 9.97 Å². The van der Waals surface area contributed by atoms with E-state index >= 15 is 0 Å². The van der Waals surface area contributed by atoms with Crippen LogP contribution in [0, 0.1) is 0 Å². The minimum absolute atomic E-state index is 0.00263. The SMILES string of the molecule is NC(Cc1c[nH]c2ccc(CN3C(=O)CN(Cc4ccccc4)C3=O)cc12)OC(=O)/C=C\C(=O)OC(N)Cc1c[nH]c2ccc(CN3C(=O)CN(Cc4ccccc4)C3=O)cc12. The topological polar surface area (TPSA) is 217 Å². The van der Waals surface area contributed by atoms with E-state index in [1.807, 2.05) is 97.1 Å². The molecule has 8 rings (SSSR count). The quantitative estimate of drug-likeness (QED) is 0.0461. The number of esters is 2. The number of rotatable bonds is 16.